The number of nitrogens with zero attached hydrogens (tertiary/aromatic N) is 2. The minimum Gasteiger partial charge on any atom is -0.468 e. The topological polar surface area (TPSA) is 193 Å². The van der Waals surface area contributed by atoms with Crippen LogP contribution in [0.4, 0.5) is 4.79 Å². The van der Waals surface area contributed by atoms with Gasteiger partial charge in [-0.25, -0.2) is 4.79 Å². The predicted octanol–water partition coefficient (Wildman–Crippen LogP) is 0.844. The fourth-order valence-electron chi connectivity index (χ4n) is 5.60. The van der Waals surface area contributed by atoms with Crippen LogP contribution < -0.4 is 21.3 Å². The first-order valence-electron chi connectivity index (χ1n) is 16.5. The number of ether oxygens (including phenoxy) is 2. The number of hydrogen-bond donors (Lipinski definition) is 4. The molecule has 6 amide bonds. The van der Waals surface area contributed by atoms with E-state index in [0.29, 0.717) is 51.6 Å². The molecule has 15 heteroatoms. The molecule has 0 aromatic rings. The lowest BCUT2D eigenvalue weighted by Gasteiger charge is -2.29. The van der Waals surface area contributed by atoms with E-state index >= 15 is 0 Å². The summed E-state index contributed by atoms with van der Waals surface area (Å²) in [5, 5.41) is 10.6. The molecule has 2 saturated heterocycles. The SMILES string of the molecule is COC(=O)CNC(=O)[C@H](CC(C)C)NC(=O)[C@@H]1CCCN1C(=O)CNC(=O)[C@H](CC(C)C)NC(=O)[C@@H]1CCCN1C(=O)OC(C)(C)C. The predicted molar refractivity (Wildman–Crippen MR) is 172 cm³/mol. The molecule has 0 unspecified atom stereocenters. The second kappa shape index (κ2) is 17.9. The standard InChI is InChI=1S/C32H54N6O9/c1-19(2)15-21(36-30(44)24-12-10-14-38(24)31(45)47-32(5,6)7)27(41)33-17-25(39)37-13-9-11-23(37)29(43)35-22(16-20(3)4)28(42)34-18-26(40)46-8/h19-24H,9-18H2,1-8H3,(H,33,41)(H,34,42)(H,35,43)(H,36,44)/t21-,22-,23-,24-/m0/s1. The van der Waals surface area contributed by atoms with Gasteiger partial charge in [0.2, 0.25) is 29.5 Å². The highest BCUT2D eigenvalue weighted by Gasteiger charge is 2.39. The van der Waals surface area contributed by atoms with Crippen molar-refractivity contribution in [2.24, 2.45) is 11.8 Å². The Bertz CT molecular complexity index is 1150. The van der Waals surface area contributed by atoms with Crippen LogP contribution in [0.3, 0.4) is 0 Å². The molecule has 266 valence electrons. The molecular weight excluding hydrogens is 612 g/mol. The molecule has 2 aliphatic heterocycles. The first kappa shape index (κ1) is 39.3. The molecular formula is C32H54N6O9. The summed E-state index contributed by atoms with van der Waals surface area (Å²) in [5.74, 6) is -3.09. The van der Waals surface area contributed by atoms with Crippen molar-refractivity contribution in [3.63, 3.8) is 0 Å². The number of methoxy groups -OCH3 is 1. The van der Waals surface area contributed by atoms with Gasteiger partial charge in [-0.3, -0.25) is 33.7 Å². The lowest BCUT2D eigenvalue weighted by atomic mass is 10.0. The zero-order valence-corrected chi connectivity index (χ0v) is 29.1. The Morgan fingerprint density at radius 1 is 0.723 bits per heavy atom. The molecule has 4 atom stereocenters. The second-order valence-electron chi connectivity index (χ2n) is 14.0. The summed E-state index contributed by atoms with van der Waals surface area (Å²) >= 11 is 0. The van der Waals surface area contributed by atoms with Crippen molar-refractivity contribution < 1.29 is 43.0 Å². The van der Waals surface area contributed by atoms with E-state index in [2.05, 4.69) is 26.0 Å². The first-order valence-corrected chi connectivity index (χ1v) is 16.5. The fraction of sp³-hybridized carbons (Fsp3) is 0.781. The largest absolute Gasteiger partial charge is 0.468 e. The highest BCUT2D eigenvalue weighted by atomic mass is 16.6. The Hall–Kier alpha value is -3.91. The van der Waals surface area contributed by atoms with Crippen LogP contribution in [0.5, 0.6) is 0 Å². The number of carbonyl (C=O) groups is 7. The van der Waals surface area contributed by atoms with E-state index in [9.17, 15) is 33.6 Å². The van der Waals surface area contributed by atoms with E-state index in [1.165, 1.54) is 16.9 Å². The number of carbonyl (C=O) groups excluding carboxylic acids is 7. The molecule has 0 spiro atoms. The minimum atomic E-state index is -0.950. The Labute approximate surface area is 277 Å². The van der Waals surface area contributed by atoms with Crippen LogP contribution in [-0.4, -0.2) is 114 Å². The van der Waals surface area contributed by atoms with Gasteiger partial charge >= 0.3 is 12.1 Å². The van der Waals surface area contributed by atoms with Gasteiger partial charge in [-0.2, -0.15) is 0 Å². The molecule has 47 heavy (non-hydrogen) atoms. The number of likely N-dealkylation sites (tertiary alicyclic amines) is 2. The third kappa shape index (κ3) is 12.7. The van der Waals surface area contributed by atoms with Crippen LogP contribution in [0.1, 0.15) is 87.0 Å². The number of rotatable bonds is 14. The molecule has 0 aromatic carbocycles. The molecule has 2 aliphatic rings. The monoisotopic (exact) mass is 666 g/mol. The van der Waals surface area contributed by atoms with Crippen LogP contribution >= 0.6 is 0 Å². The molecule has 0 radical (unpaired) electrons. The van der Waals surface area contributed by atoms with Gasteiger partial charge in [0.15, 0.2) is 0 Å². The molecule has 2 rings (SSSR count). The summed E-state index contributed by atoms with van der Waals surface area (Å²) in [4.78, 5) is 92.7. The molecule has 0 aliphatic carbocycles. The van der Waals surface area contributed by atoms with Crippen molar-refractivity contribution in [1.29, 1.82) is 0 Å². The molecule has 15 nitrogen and oxygen atoms in total. The van der Waals surface area contributed by atoms with Gasteiger partial charge in [-0.1, -0.05) is 27.7 Å². The lowest BCUT2D eigenvalue weighted by Crippen LogP contribution is -2.56. The maximum absolute atomic E-state index is 13.3. The Morgan fingerprint density at radius 3 is 1.62 bits per heavy atom. The lowest BCUT2D eigenvalue weighted by molar-refractivity contribution is -0.142. The summed E-state index contributed by atoms with van der Waals surface area (Å²) in [6.07, 6.45) is 2.02. The molecule has 4 N–H and O–H groups in total. The number of nitrogens with one attached hydrogen (secondary N) is 4. The quantitative estimate of drug-likeness (QED) is 0.195. The number of amides is 6. The second-order valence-corrected chi connectivity index (χ2v) is 14.0. The molecule has 0 aromatic heterocycles. The van der Waals surface area contributed by atoms with Gasteiger partial charge in [-0.05, 0) is 71.1 Å². The summed E-state index contributed by atoms with van der Waals surface area (Å²) in [5.41, 5.74) is -0.724. The van der Waals surface area contributed by atoms with Crippen LogP contribution in [0.25, 0.3) is 0 Å². The molecule has 2 fully saturated rings. The average molecular weight is 667 g/mol. The van der Waals surface area contributed by atoms with Gasteiger partial charge < -0.3 is 35.6 Å². The molecule has 0 saturated carbocycles. The third-order valence-electron chi connectivity index (χ3n) is 7.79. The van der Waals surface area contributed by atoms with Crippen molar-refractivity contribution >= 4 is 41.6 Å². The van der Waals surface area contributed by atoms with E-state index in [-0.39, 0.29) is 18.4 Å². The Kier molecular flexibility index (Phi) is 14.9. The zero-order valence-electron chi connectivity index (χ0n) is 29.1. The Morgan fingerprint density at radius 2 is 1.17 bits per heavy atom. The van der Waals surface area contributed by atoms with Gasteiger partial charge in [-0.15, -0.1) is 0 Å². The van der Waals surface area contributed by atoms with E-state index in [4.69, 9.17) is 4.74 Å². The summed E-state index contributed by atoms with van der Waals surface area (Å²) in [7, 11) is 1.20. The first-order chi connectivity index (χ1) is 21.9. The number of esters is 1. The van der Waals surface area contributed by atoms with Crippen LogP contribution in [0, 0.1) is 11.8 Å². The highest BCUT2D eigenvalue weighted by Crippen LogP contribution is 2.22. The maximum Gasteiger partial charge on any atom is 0.410 e. The van der Waals surface area contributed by atoms with E-state index in [1.807, 2.05) is 27.7 Å². The molecule has 0 bridgehead atoms. The van der Waals surface area contributed by atoms with Crippen molar-refractivity contribution in [1.82, 2.24) is 31.1 Å². The molecule has 2 heterocycles. The van der Waals surface area contributed by atoms with Gasteiger partial charge in [0.05, 0.1) is 13.7 Å². The average Bonchev–Trinajstić information content (AvgIpc) is 3.67. The van der Waals surface area contributed by atoms with Gasteiger partial charge in [0.25, 0.3) is 0 Å². The van der Waals surface area contributed by atoms with E-state index in [1.54, 1.807) is 20.8 Å². The van der Waals surface area contributed by atoms with Crippen LogP contribution in [-0.2, 0) is 38.2 Å². The highest BCUT2D eigenvalue weighted by molar-refractivity contribution is 5.95. The third-order valence-corrected chi connectivity index (χ3v) is 7.79. The van der Waals surface area contributed by atoms with E-state index in [0.717, 1.165) is 0 Å². The van der Waals surface area contributed by atoms with Crippen molar-refractivity contribution in [3.05, 3.63) is 0 Å². The number of hydrogen-bond acceptors (Lipinski definition) is 9. The van der Waals surface area contributed by atoms with Crippen LogP contribution in [0.15, 0.2) is 0 Å². The summed E-state index contributed by atoms with van der Waals surface area (Å²) < 4.78 is 10.0. The summed E-state index contributed by atoms with van der Waals surface area (Å²) in [6, 6.07) is -3.49. The van der Waals surface area contributed by atoms with Crippen molar-refractivity contribution in [3.8, 4) is 0 Å². The van der Waals surface area contributed by atoms with Crippen LogP contribution in [0.2, 0.25) is 0 Å². The fourth-order valence-corrected chi connectivity index (χ4v) is 5.60. The van der Waals surface area contributed by atoms with Gasteiger partial charge in [0, 0.05) is 13.1 Å². The van der Waals surface area contributed by atoms with Crippen molar-refractivity contribution in [2.45, 2.75) is 117 Å². The summed E-state index contributed by atoms with van der Waals surface area (Å²) in [6.45, 7) is 12.7. The maximum atomic E-state index is 13.3. The Balaban J connectivity index is 2.02. The smallest absolute Gasteiger partial charge is 0.410 e. The van der Waals surface area contributed by atoms with Gasteiger partial charge in [0.1, 0.15) is 36.3 Å². The minimum absolute atomic E-state index is 0.0301. The zero-order chi connectivity index (χ0) is 35.5. The van der Waals surface area contributed by atoms with E-state index < -0.39 is 77.9 Å². The normalized spacial score (nSPS) is 19.2. The van der Waals surface area contributed by atoms with Crippen molar-refractivity contribution in [2.75, 3.05) is 33.3 Å².